The normalized spacial score (nSPS) is 17.1. The van der Waals surface area contributed by atoms with Crippen LogP contribution in [0.2, 0.25) is 0 Å². The van der Waals surface area contributed by atoms with E-state index in [-0.39, 0.29) is 5.56 Å². The number of aliphatic hydroxyl groups excluding tert-OH is 1. The monoisotopic (exact) mass is 337 g/mol. The van der Waals surface area contributed by atoms with Crippen molar-refractivity contribution in [2.45, 2.75) is 18.6 Å². The first kappa shape index (κ1) is 16.3. The maximum absolute atomic E-state index is 13.3. The topological polar surface area (TPSA) is 58.6 Å². The van der Waals surface area contributed by atoms with Crippen molar-refractivity contribution >= 4 is 5.91 Å². The predicted molar refractivity (Wildman–Crippen MR) is 78.8 cm³/mol. The molecule has 0 radical (unpaired) electrons. The molecule has 0 bridgehead atoms. The lowest BCUT2D eigenvalue weighted by atomic mass is 10.1. The lowest BCUT2D eigenvalue weighted by molar-refractivity contribution is -0.128. The molecule has 0 saturated carbocycles. The minimum absolute atomic E-state index is 0.0715. The van der Waals surface area contributed by atoms with Gasteiger partial charge in [-0.1, -0.05) is 18.2 Å². The van der Waals surface area contributed by atoms with Gasteiger partial charge in [-0.3, -0.25) is 4.79 Å². The lowest BCUT2D eigenvalue weighted by Gasteiger charge is -2.19. The number of rotatable bonds is 4. The fourth-order valence-electron chi connectivity index (χ4n) is 2.60. The van der Waals surface area contributed by atoms with E-state index in [1.54, 1.807) is 12.1 Å². The summed E-state index contributed by atoms with van der Waals surface area (Å²) in [4.78, 5) is 12.3. The molecular formula is C17H14F3NO3. The Morgan fingerprint density at radius 1 is 1.25 bits per heavy atom. The van der Waals surface area contributed by atoms with Crippen LogP contribution in [0.4, 0.5) is 13.2 Å². The highest BCUT2D eigenvalue weighted by Crippen LogP contribution is 2.28. The smallest absolute Gasteiger partial charge is 0.261 e. The van der Waals surface area contributed by atoms with Crippen molar-refractivity contribution in [3.8, 4) is 5.75 Å². The van der Waals surface area contributed by atoms with Gasteiger partial charge in [-0.15, -0.1) is 0 Å². The highest BCUT2D eigenvalue weighted by atomic mass is 19.2. The van der Waals surface area contributed by atoms with Crippen molar-refractivity contribution < 1.29 is 27.8 Å². The fraction of sp³-hybridized carbons (Fsp3) is 0.235. The van der Waals surface area contributed by atoms with Crippen molar-refractivity contribution in [1.82, 2.24) is 5.32 Å². The van der Waals surface area contributed by atoms with E-state index in [2.05, 4.69) is 5.32 Å². The predicted octanol–water partition coefficient (Wildman–Crippen LogP) is 2.26. The molecule has 0 saturated heterocycles. The summed E-state index contributed by atoms with van der Waals surface area (Å²) in [5, 5.41) is 11.9. The molecule has 4 nitrogen and oxygen atoms in total. The van der Waals surface area contributed by atoms with Crippen LogP contribution in [-0.2, 0) is 11.2 Å². The third-order valence-electron chi connectivity index (χ3n) is 3.85. The van der Waals surface area contributed by atoms with Gasteiger partial charge in [0.2, 0.25) is 0 Å². The molecule has 0 spiro atoms. The molecule has 3 rings (SSSR count). The van der Waals surface area contributed by atoms with Gasteiger partial charge in [0.15, 0.2) is 23.6 Å². The second-order valence-corrected chi connectivity index (χ2v) is 5.46. The zero-order valence-corrected chi connectivity index (χ0v) is 12.4. The van der Waals surface area contributed by atoms with Gasteiger partial charge in [-0.2, -0.15) is 0 Å². The number of ether oxygens (including phenoxy) is 1. The Morgan fingerprint density at radius 3 is 2.54 bits per heavy atom. The number of halogens is 3. The molecule has 2 N–H and O–H groups in total. The van der Waals surface area contributed by atoms with Crippen LogP contribution in [0, 0.1) is 17.5 Å². The molecule has 0 aliphatic carbocycles. The summed E-state index contributed by atoms with van der Waals surface area (Å²) < 4.78 is 45.2. The molecule has 0 aromatic heterocycles. The summed E-state index contributed by atoms with van der Waals surface area (Å²) in [6, 6.07) is 7.57. The number of carbonyl (C=O) groups excluding carboxylic acids is 1. The second kappa shape index (κ2) is 6.52. The van der Waals surface area contributed by atoms with Crippen LogP contribution in [0.3, 0.4) is 0 Å². The Balaban J connectivity index is 1.73. The molecule has 126 valence electrons. The van der Waals surface area contributed by atoms with Crippen LogP contribution < -0.4 is 10.1 Å². The number of para-hydroxylation sites is 1. The third-order valence-corrected chi connectivity index (χ3v) is 3.85. The Bertz CT molecular complexity index is 733. The summed E-state index contributed by atoms with van der Waals surface area (Å²) in [6.07, 6.45) is -0.446. The highest BCUT2D eigenvalue weighted by Gasteiger charge is 2.30. The number of amides is 1. The molecule has 2 aromatic carbocycles. The van der Waals surface area contributed by atoms with Crippen LogP contribution in [0.15, 0.2) is 36.4 Å². The van der Waals surface area contributed by atoms with Crippen molar-refractivity contribution in [3.63, 3.8) is 0 Å². The maximum Gasteiger partial charge on any atom is 0.261 e. The van der Waals surface area contributed by atoms with Crippen LogP contribution in [0.5, 0.6) is 5.75 Å². The second-order valence-electron chi connectivity index (χ2n) is 5.46. The molecule has 24 heavy (non-hydrogen) atoms. The molecule has 2 unspecified atom stereocenters. The van der Waals surface area contributed by atoms with Gasteiger partial charge in [0.25, 0.3) is 5.91 Å². The van der Waals surface area contributed by atoms with E-state index in [0.717, 1.165) is 17.7 Å². The summed E-state index contributed by atoms with van der Waals surface area (Å²) in [5.74, 6) is -4.31. The minimum Gasteiger partial charge on any atom is -0.480 e. The molecule has 1 amide bonds. The van der Waals surface area contributed by atoms with Gasteiger partial charge in [-0.25, -0.2) is 13.2 Å². The van der Waals surface area contributed by atoms with Crippen LogP contribution in [-0.4, -0.2) is 23.7 Å². The van der Waals surface area contributed by atoms with Crippen molar-refractivity contribution in [2.75, 3.05) is 6.61 Å². The van der Waals surface area contributed by atoms with Gasteiger partial charge in [-0.05, 0) is 29.3 Å². The minimum atomic E-state index is -1.60. The quantitative estimate of drug-likeness (QED) is 0.842. The SMILES string of the molecule is O=C(NC(CO)c1cc(F)c(F)c(F)c1)C1Cc2ccccc2O1. The summed E-state index contributed by atoms with van der Waals surface area (Å²) >= 11 is 0. The van der Waals surface area contributed by atoms with Crippen molar-refractivity contribution in [3.05, 3.63) is 65.0 Å². The Kier molecular flexibility index (Phi) is 4.44. The first-order valence-electron chi connectivity index (χ1n) is 7.30. The average molecular weight is 337 g/mol. The number of aliphatic hydroxyl groups is 1. The average Bonchev–Trinajstić information content (AvgIpc) is 3.01. The fourth-order valence-corrected chi connectivity index (χ4v) is 2.60. The molecule has 1 heterocycles. The lowest BCUT2D eigenvalue weighted by Crippen LogP contribution is -2.40. The van der Waals surface area contributed by atoms with E-state index >= 15 is 0 Å². The molecular weight excluding hydrogens is 323 g/mol. The zero-order valence-electron chi connectivity index (χ0n) is 12.4. The van der Waals surface area contributed by atoms with Gasteiger partial charge in [0.1, 0.15) is 5.75 Å². The van der Waals surface area contributed by atoms with Crippen LogP contribution >= 0.6 is 0 Å². The Morgan fingerprint density at radius 2 is 1.92 bits per heavy atom. The standard InChI is InChI=1S/C17H14F3NO3/c18-11-5-10(6-12(19)16(11)20)13(8-22)21-17(23)15-7-9-3-1-2-4-14(9)24-15/h1-6,13,15,22H,7-8H2,(H,21,23). The molecule has 0 fully saturated rings. The number of hydrogen-bond acceptors (Lipinski definition) is 3. The first-order chi connectivity index (χ1) is 11.5. The van der Waals surface area contributed by atoms with E-state index in [4.69, 9.17) is 4.74 Å². The van der Waals surface area contributed by atoms with Gasteiger partial charge < -0.3 is 15.2 Å². The number of benzene rings is 2. The van der Waals surface area contributed by atoms with Gasteiger partial charge in [0, 0.05) is 6.42 Å². The number of nitrogens with one attached hydrogen (secondary N) is 1. The summed E-state index contributed by atoms with van der Waals surface area (Å²) in [6.45, 7) is -0.601. The molecule has 2 aromatic rings. The largest absolute Gasteiger partial charge is 0.480 e. The summed E-state index contributed by atoms with van der Waals surface area (Å²) in [7, 11) is 0. The van der Waals surface area contributed by atoms with E-state index in [1.165, 1.54) is 0 Å². The van der Waals surface area contributed by atoms with Crippen LogP contribution in [0.1, 0.15) is 17.2 Å². The number of carbonyl (C=O) groups is 1. The third kappa shape index (κ3) is 3.07. The van der Waals surface area contributed by atoms with E-state index in [9.17, 15) is 23.1 Å². The van der Waals surface area contributed by atoms with Crippen molar-refractivity contribution in [1.29, 1.82) is 0 Å². The first-order valence-corrected chi connectivity index (χ1v) is 7.30. The van der Waals surface area contributed by atoms with Crippen LogP contribution in [0.25, 0.3) is 0 Å². The van der Waals surface area contributed by atoms with E-state index < -0.39 is 42.1 Å². The summed E-state index contributed by atoms with van der Waals surface area (Å²) in [5.41, 5.74) is 0.801. The Hall–Kier alpha value is -2.54. The maximum atomic E-state index is 13.3. The van der Waals surface area contributed by atoms with Gasteiger partial charge in [0.05, 0.1) is 12.6 Å². The van der Waals surface area contributed by atoms with Crippen molar-refractivity contribution in [2.24, 2.45) is 0 Å². The number of fused-ring (bicyclic) bond motifs is 1. The van der Waals surface area contributed by atoms with Gasteiger partial charge >= 0.3 is 0 Å². The highest BCUT2D eigenvalue weighted by molar-refractivity contribution is 5.83. The van der Waals surface area contributed by atoms with E-state index in [1.807, 2.05) is 12.1 Å². The number of hydrogen-bond donors (Lipinski definition) is 2. The molecule has 7 heteroatoms. The zero-order chi connectivity index (χ0) is 17.3. The Labute approximate surface area is 135 Å². The molecule has 1 aliphatic rings. The molecule has 1 aliphatic heterocycles. The van der Waals surface area contributed by atoms with E-state index in [0.29, 0.717) is 12.2 Å². The molecule has 2 atom stereocenters.